The van der Waals surface area contributed by atoms with Crippen molar-refractivity contribution in [3.8, 4) is 0 Å². The first-order valence-corrected chi connectivity index (χ1v) is 6.80. The molecule has 0 radical (unpaired) electrons. The van der Waals surface area contributed by atoms with Gasteiger partial charge in [-0.25, -0.2) is 0 Å². The second kappa shape index (κ2) is 6.06. The lowest BCUT2D eigenvalue weighted by molar-refractivity contribution is 1.11. The monoisotopic (exact) mass is 263 g/mol. The Morgan fingerprint density at radius 2 is 1.70 bits per heavy atom. The van der Waals surface area contributed by atoms with Gasteiger partial charge in [-0.3, -0.25) is 5.43 Å². The molecule has 0 unspecified atom stereocenters. The van der Waals surface area contributed by atoms with Crippen LogP contribution in [-0.4, -0.2) is 12.8 Å². The van der Waals surface area contributed by atoms with Crippen LogP contribution in [0.25, 0.3) is 6.08 Å². The Morgan fingerprint density at radius 3 is 2.60 bits per heavy atom. The Labute approximate surface area is 119 Å². The van der Waals surface area contributed by atoms with Crippen molar-refractivity contribution in [1.29, 1.82) is 0 Å². The molecular weight excluding hydrogens is 246 g/mol. The molecule has 0 atom stereocenters. The number of hydrazone groups is 1. The molecular formula is C17H17N3. The number of nitrogens with one attached hydrogen (secondary N) is 2. The number of fused-ring (bicyclic) bond motifs is 2. The highest BCUT2D eigenvalue weighted by molar-refractivity contribution is 5.83. The molecule has 0 aliphatic carbocycles. The van der Waals surface area contributed by atoms with E-state index in [0.29, 0.717) is 0 Å². The van der Waals surface area contributed by atoms with E-state index in [4.69, 9.17) is 0 Å². The maximum Gasteiger partial charge on any atom is 0.0634 e. The average Bonchev–Trinajstić information content (AvgIpc) is 2.85. The van der Waals surface area contributed by atoms with E-state index in [2.05, 4.69) is 40.1 Å². The Kier molecular flexibility index (Phi) is 3.78. The predicted molar refractivity (Wildman–Crippen MR) is 86.2 cm³/mol. The molecule has 20 heavy (non-hydrogen) atoms. The number of hydrogen-bond acceptors (Lipinski definition) is 3. The normalized spacial score (nSPS) is 14.0. The molecule has 100 valence electrons. The summed E-state index contributed by atoms with van der Waals surface area (Å²) in [6.07, 6.45) is 6.87. The average molecular weight is 263 g/mol. The summed E-state index contributed by atoms with van der Waals surface area (Å²) in [5.41, 5.74) is 7.93. The van der Waals surface area contributed by atoms with E-state index in [1.54, 1.807) is 6.21 Å². The summed E-state index contributed by atoms with van der Waals surface area (Å²) < 4.78 is 0. The van der Waals surface area contributed by atoms with Gasteiger partial charge in [0, 0.05) is 18.4 Å². The van der Waals surface area contributed by atoms with Gasteiger partial charge in [-0.15, -0.1) is 0 Å². The molecule has 0 aromatic heterocycles. The number of allylic oxidation sites excluding steroid dienone is 1. The zero-order valence-corrected chi connectivity index (χ0v) is 11.2. The first-order valence-electron chi connectivity index (χ1n) is 6.80. The molecule has 2 aliphatic heterocycles. The maximum absolute atomic E-state index is 3.95. The molecule has 3 nitrogen and oxygen atoms in total. The minimum atomic E-state index is 1.05. The smallest absolute Gasteiger partial charge is 0.0634 e. The highest BCUT2D eigenvalue weighted by Crippen LogP contribution is 2.20. The lowest BCUT2D eigenvalue weighted by Gasteiger charge is -2.00. The van der Waals surface area contributed by atoms with Crippen LogP contribution in [0.5, 0.6) is 0 Å². The number of para-hydroxylation sites is 2. The molecule has 2 aromatic carbocycles. The van der Waals surface area contributed by atoms with Crippen molar-refractivity contribution in [2.45, 2.75) is 6.42 Å². The minimum absolute atomic E-state index is 1.05. The highest BCUT2D eigenvalue weighted by atomic mass is 15.3. The van der Waals surface area contributed by atoms with Crippen LogP contribution in [0.15, 0.2) is 59.7 Å². The lowest BCUT2D eigenvalue weighted by Crippen LogP contribution is -1.90. The van der Waals surface area contributed by atoms with Gasteiger partial charge in [0.25, 0.3) is 0 Å². The zero-order valence-electron chi connectivity index (χ0n) is 11.2. The second-order valence-corrected chi connectivity index (χ2v) is 4.67. The Morgan fingerprint density at radius 1 is 0.900 bits per heavy atom. The molecule has 0 amide bonds. The van der Waals surface area contributed by atoms with Gasteiger partial charge in [0.05, 0.1) is 5.69 Å². The van der Waals surface area contributed by atoms with Crippen molar-refractivity contribution in [1.82, 2.24) is 0 Å². The largest absolute Gasteiger partial charge is 0.384 e. The lowest BCUT2D eigenvalue weighted by atomic mass is 10.2. The molecule has 2 aliphatic rings. The number of anilines is 2. The zero-order chi connectivity index (χ0) is 13.6. The van der Waals surface area contributed by atoms with Crippen molar-refractivity contribution < 1.29 is 0 Å². The van der Waals surface area contributed by atoms with E-state index in [1.807, 2.05) is 36.4 Å². The van der Waals surface area contributed by atoms with Crippen LogP contribution in [0.2, 0.25) is 0 Å². The van der Waals surface area contributed by atoms with Crippen molar-refractivity contribution in [3.05, 3.63) is 65.7 Å². The fraction of sp³-hybridized carbons (Fsp3) is 0.118. The van der Waals surface area contributed by atoms with Crippen molar-refractivity contribution in [3.63, 3.8) is 0 Å². The predicted octanol–water partition coefficient (Wildman–Crippen LogP) is 3.77. The third-order valence-corrected chi connectivity index (χ3v) is 3.31. The number of nitrogens with zero attached hydrogens (tertiary/aromatic N) is 1. The molecule has 2 aromatic rings. The Bertz CT molecular complexity index is 621. The Hall–Kier alpha value is -2.55. The van der Waals surface area contributed by atoms with E-state index in [1.165, 1.54) is 23.2 Å². The van der Waals surface area contributed by atoms with Gasteiger partial charge < -0.3 is 5.32 Å². The van der Waals surface area contributed by atoms with E-state index < -0.39 is 0 Å². The fourth-order valence-electron chi connectivity index (χ4n) is 2.28. The van der Waals surface area contributed by atoms with Gasteiger partial charge in [-0.1, -0.05) is 42.5 Å². The molecule has 0 fully saturated rings. The van der Waals surface area contributed by atoms with Gasteiger partial charge >= 0.3 is 0 Å². The van der Waals surface area contributed by atoms with E-state index in [9.17, 15) is 0 Å². The second-order valence-electron chi connectivity index (χ2n) is 4.67. The number of hydrogen-bond donors (Lipinski definition) is 2. The topological polar surface area (TPSA) is 36.4 Å². The highest BCUT2D eigenvalue weighted by Gasteiger charge is 2.05. The van der Waals surface area contributed by atoms with Crippen LogP contribution in [-0.2, 0) is 6.42 Å². The SMILES string of the molecule is C1=Cc2ccccc2NN=C1.c1ccc2c(c1)CCN2. The standard InChI is InChI=1S/C9H8N2.C8H9N/c1-2-6-9-8(4-1)5-3-7-10-11-9;1-2-4-8-7(3-1)5-6-9-8/h1-7,11H;1-4,9H,5-6H2. The van der Waals surface area contributed by atoms with Crippen LogP contribution >= 0.6 is 0 Å². The number of rotatable bonds is 0. The summed E-state index contributed by atoms with van der Waals surface area (Å²) in [4.78, 5) is 0. The third-order valence-electron chi connectivity index (χ3n) is 3.31. The van der Waals surface area contributed by atoms with Crippen LogP contribution in [0.3, 0.4) is 0 Å². The van der Waals surface area contributed by atoms with Gasteiger partial charge in [-0.05, 0) is 35.8 Å². The van der Waals surface area contributed by atoms with Crippen LogP contribution in [0.4, 0.5) is 11.4 Å². The molecule has 0 bridgehead atoms. The summed E-state index contributed by atoms with van der Waals surface area (Å²) in [5, 5.41) is 7.25. The fourth-order valence-corrected chi connectivity index (χ4v) is 2.28. The first kappa shape index (κ1) is 12.5. The third kappa shape index (κ3) is 2.88. The van der Waals surface area contributed by atoms with Crippen LogP contribution in [0, 0.1) is 0 Å². The number of benzene rings is 2. The molecule has 3 heteroatoms. The maximum atomic E-state index is 3.95. The summed E-state index contributed by atoms with van der Waals surface area (Å²) in [6.45, 7) is 1.11. The van der Waals surface area contributed by atoms with Crippen molar-refractivity contribution in [2.75, 3.05) is 17.3 Å². The van der Waals surface area contributed by atoms with Gasteiger partial charge in [0.2, 0.25) is 0 Å². The van der Waals surface area contributed by atoms with Gasteiger partial charge in [0.1, 0.15) is 0 Å². The molecule has 4 rings (SSSR count). The van der Waals surface area contributed by atoms with Gasteiger partial charge in [0.15, 0.2) is 0 Å². The molecule has 0 saturated carbocycles. The molecule has 0 saturated heterocycles. The first-order chi connectivity index (χ1) is 9.93. The summed E-state index contributed by atoms with van der Waals surface area (Å²) in [7, 11) is 0. The van der Waals surface area contributed by atoms with Crippen molar-refractivity contribution in [2.24, 2.45) is 5.10 Å². The summed E-state index contributed by atoms with van der Waals surface area (Å²) in [6, 6.07) is 16.5. The summed E-state index contributed by atoms with van der Waals surface area (Å²) in [5.74, 6) is 0. The van der Waals surface area contributed by atoms with E-state index in [-0.39, 0.29) is 0 Å². The molecule has 0 spiro atoms. The molecule has 2 heterocycles. The Balaban J connectivity index is 0.000000123. The van der Waals surface area contributed by atoms with Crippen molar-refractivity contribution >= 4 is 23.7 Å². The minimum Gasteiger partial charge on any atom is -0.384 e. The van der Waals surface area contributed by atoms with Gasteiger partial charge in [-0.2, -0.15) is 5.10 Å². The molecule has 2 N–H and O–H groups in total. The van der Waals surface area contributed by atoms with Crippen LogP contribution in [0.1, 0.15) is 11.1 Å². The van der Waals surface area contributed by atoms with E-state index >= 15 is 0 Å². The quantitative estimate of drug-likeness (QED) is 0.759. The van der Waals surface area contributed by atoms with Crippen LogP contribution < -0.4 is 10.7 Å². The van der Waals surface area contributed by atoms with E-state index in [0.717, 1.165) is 12.2 Å². The summed E-state index contributed by atoms with van der Waals surface area (Å²) >= 11 is 0.